The van der Waals surface area contributed by atoms with Crippen molar-refractivity contribution < 1.29 is 21.2 Å². The normalized spacial score (nSPS) is 16.0. The molecule has 0 aliphatic heterocycles. The van der Waals surface area contributed by atoms with Gasteiger partial charge in [0.05, 0.1) is 9.79 Å². The lowest BCUT2D eigenvalue weighted by molar-refractivity contribution is 0.261. The molecule has 1 aliphatic carbocycles. The van der Waals surface area contributed by atoms with Crippen LogP contribution in [0, 0.1) is 5.82 Å². The zero-order valence-corrected chi connectivity index (χ0v) is 19.3. The molecule has 0 spiro atoms. The third-order valence-electron chi connectivity index (χ3n) is 5.68. The molecule has 3 rings (SSSR count). The SMILES string of the molecule is CCN(C1CCCCC1)S(=O)(=O)c1ccc(S(=O)(=O)NCCc2ccccc2F)cc1. The van der Waals surface area contributed by atoms with Gasteiger partial charge in [-0.25, -0.2) is 25.9 Å². The first kappa shape index (κ1) is 23.8. The first-order chi connectivity index (χ1) is 14.8. The summed E-state index contributed by atoms with van der Waals surface area (Å²) in [5.74, 6) is -0.380. The van der Waals surface area contributed by atoms with Crippen molar-refractivity contribution >= 4 is 20.0 Å². The Kier molecular flexibility index (Phi) is 7.85. The molecule has 0 amide bonds. The second-order valence-electron chi connectivity index (χ2n) is 7.71. The lowest BCUT2D eigenvalue weighted by Crippen LogP contribution is -2.41. The molecule has 2 aromatic rings. The molecule has 9 heteroatoms. The van der Waals surface area contributed by atoms with Crippen LogP contribution in [0.2, 0.25) is 0 Å². The summed E-state index contributed by atoms with van der Waals surface area (Å²) in [6.07, 6.45) is 5.09. The molecule has 1 aliphatic rings. The highest BCUT2D eigenvalue weighted by Gasteiger charge is 2.31. The van der Waals surface area contributed by atoms with Crippen LogP contribution in [0.15, 0.2) is 58.3 Å². The van der Waals surface area contributed by atoms with Gasteiger partial charge in [0.15, 0.2) is 0 Å². The standard InChI is InChI=1S/C22H29FN2O4S2/c1-2-25(19-9-4-3-5-10-19)31(28,29)21-14-12-20(13-15-21)30(26,27)24-17-16-18-8-6-7-11-22(18)23/h6-8,11-15,19,24H,2-5,9-10,16-17H2,1H3. The summed E-state index contributed by atoms with van der Waals surface area (Å²) >= 11 is 0. The summed E-state index contributed by atoms with van der Waals surface area (Å²) in [5, 5.41) is 0. The molecule has 0 aromatic heterocycles. The number of nitrogens with one attached hydrogen (secondary N) is 1. The zero-order valence-electron chi connectivity index (χ0n) is 17.6. The minimum atomic E-state index is -3.83. The van der Waals surface area contributed by atoms with Crippen molar-refractivity contribution in [3.8, 4) is 0 Å². The van der Waals surface area contributed by atoms with Crippen LogP contribution in [-0.2, 0) is 26.5 Å². The van der Waals surface area contributed by atoms with E-state index in [0.717, 1.165) is 32.1 Å². The van der Waals surface area contributed by atoms with E-state index >= 15 is 0 Å². The minimum absolute atomic E-state index is 0.00721. The van der Waals surface area contributed by atoms with E-state index < -0.39 is 20.0 Å². The van der Waals surface area contributed by atoms with Crippen LogP contribution in [0.4, 0.5) is 4.39 Å². The molecule has 0 unspecified atom stereocenters. The molecule has 0 saturated heterocycles. The van der Waals surface area contributed by atoms with Crippen molar-refractivity contribution in [3.63, 3.8) is 0 Å². The van der Waals surface area contributed by atoms with E-state index in [2.05, 4.69) is 4.72 Å². The van der Waals surface area contributed by atoms with Crippen molar-refractivity contribution in [3.05, 3.63) is 59.9 Å². The summed E-state index contributed by atoms with van der Waals surface area (Å²) in [6, 6.07) is 11.5. The van der Waals surface area contributed by atoms with E-state index in [0.29, 0.717) is 12.1 Å². The van der Waals surface area contributed by atoms with E-state index in [1.165, 1.54) is 34.6 Å². The van der Waals surface area contributed by atoms with Crippen LogP contribution in [0.3, 0.4) is 0 Å². The van der Waals surface area contributed by atoms with Gasteiger partial charge in [-0.3, -0.25) is 0 Å². The Morgan fingerprint density at radius 3 is 2.16 bits per heavy atom. The molecule has 1 N–H and O–H groups in total. The van der Waals surface area contributed by atoms with Gasteiger partial charge in [0.1, 0.15) is 5.82 Å². The second kappa shape index (κ2) is 10.2. The summed E-state index contributed by atoms with van der Waals surface area (Å²) in [5.41, 5.74) is 0.425. The summed E-state index contributed by atoms with van der Waals surface area (Å²) in [6.45, 7) is 2.24. The van der Waals surface area contributed by atoms with Gasteiger partial charge < -0.3 is 0 Å². The van der Waals surface area contributed by atoms with Gasteiger partial charge in [-0.1, -0.05) is 44.4 Å². The molecule has 2 aromatic carbocycles. The average molecular weight is 469 g/mol. The fraction of sp³-hybridized carbons (Fsp3) is 0.455. The Balaban J connectivity index is 1.69. The molecule has 31 heavy (non-hydrogen) atoms. The first-order valence-electron chi connectivity index (χ1n) is 10.6. The number of hydrogen-bond donors (Lipinski definition) is 1. The third kappa shape index (κ3) is 5.71. The second-order valence-corrected chi connectivity index (χ2v) is 11.4. The Labute approximate surface area is 184 Å². The molecular formula is C22H29FN2O4S2. The van der Waals surface area contributed by atoms with Crippen LogP contribution in [0.5, 0.6) is 0 Å². The number of benzene rings is 2. The van der Waals surface area contributed by atoms with Crippen LogP contribution in [-0.4, -0.2) is 40.3 Å². The van der Waals surface area contributed by atoms with Gasteiger partial charge in [0.2, 0.25) is 20.0 Å². The van der Waals surface area contributed by atoms with E-state index in [1.807, 2.05) is 6.92 Å². The topological polar surface area (TPSA) is 83.6 Å². The fourth-order valence-electron chi connectivity index (χ4n) is 4.02. The number of hydrogen-bond acceptors (Lipinski definition) is 4. The number of rotatable bonds is 9. The maximum atomic E-state index is 13.7. The lowest BCUT2D eigenvalue weighted by Gasteiger charge is -2.32. The smallest absolute Gasteiger partial charge is 0.211 e. The van der Waals surface area contributed by atoms with Gasteiger partial charge in [-0.05, 0) is 55.2 Å². The van der Waals surface area contributed by atoms with Crippen molar-refractivity contribution in [1.29, 1.82) is 0 Å². The summed E-state index contributed by atoms with van der Waals surface area (Å²) < 4.78 is 69.0. The largest absolute Gasteiger partial charge is 0.243 e. The Morgan fingerprint density at radius 2 is 1.55 bits per heavy atom. The van der Waals surface area contributed by atoms with Gasteiger partial charge in [0.25, 0.3) is 0 Å². The molecule has 170 valence electrons. The maximum absolute atomic E-state index is 13.7. The van der Waals surface area contributed by atoms with E-state index in [4.69, 9.17) is 0 Å². The highest BCUT2D eigenvalue weighted by molar-refractivity contribution is 7.89. The predicted octanol–water partition coefficient (Wildman–Crippen LogP) is 3.69. The molecule has 0 radical (unpaired) electrons. The number of sulfonamides is 2. The third-order valence-corrected chi connectivity index (χ3v) is 9.20. The average Bonchev–Trinajstić information content (AvgIpc) is 2.76. The zero-order chi connectivity index (χ0) is 22.5. The molecular weight excluding hydrogens is 439 g/mol. The van der Waals surface area contributed by atoms with Crippen LogP contribution in [0.25, 0.3) is 0 Å². The van der Waals surface area contributed by atoms with Gasteiger partial charge >= 0.3 is 0 Å². The Morgan fingerprint density at radius 1 is 0.935 bits per heavy atom. The quantitative estimate of drug-likeness (QED) is 0.608. The van der Waals surface area contributed by atoms with E-state index in [-0.39, 0.29) is 34.6 Å². The molecule has 0 bridgehead atoms. The highest BCUT2D eigenvalue weighted by atomic mass is 32.2. The van der Waals surface area contributed by atoms with Crippen LogP contribution in [0.1, 0.15) is 44.6 Å². The molecule has 1 saturated carbocycles. The highest BCUT2D eigenvalue weighted by Crippen LogP contribution is 2.28. The lowest BCUT2D eigenvalue weighted by atomic mass is 9.95. The Bertz CT molecular complexity index is 1080. The minimum Gasteiger partial charge on any atom is -0.211 e. The maximum Gasteiger partial charge on any atom is 0.243 e. The molecule has 1 fully saturated rings. The predicted molar refractivity (Wildman–Crippen MR) is 118 cm³/mol. The van der Waals surface area contributed by atoms with Crippen LogP contribution >= 0.6 is 0 Å². The fourth-order valence-corrected chi connectivity index (χ4v) is 6.75. The summed E-state index contributed by atoms with van der Waals surface area (Å²) in [7, 11) is -7.53. The van der Waals surface area contributed by atoms with Crippen molar-refractivity contribution in [2.45, 2.75) is 61.3 Å². The monoisotopic (exact) mass is 468 g/mol. The Hall–Kier alpha value is -1.81. The van der Waals surface area contributed by atoms with Crippen molar-refractivity contribution in [2.75, 3.05) is 13.1 Å². The molecule has 0 heterocycles. The van der Waals surface area contributed by atoms with Crippen LogP contribution < -0.4 is 4.72 Å². The number of nitrogens with zero attached hydrogens (tertiary/aromatic N) is 1. The van der Waals surface area contributed by atoms with E-state index in [9.17, 15) is 21.2 Å². The number of halogens is 1. The van der Waals surface area contributed by atoms with Gasteiger partial charge in [-0.2, -0.15) is 4.31 Å². The molecule has 6 nitrogen and oxygen atoms in total. The van der Waals surface area contributed by atoms with Gasteiger partial charge in [0, 0.05) is 19.1 Å². The molecule has 0 atom stereocenters. The first-order valence-corrected chi connectivity index (χ1v) is 13.5. The summed E-state index contributed by atoms with van der Waals surface area (Å²) in [4.78, 5) is 0.0610. The van der Waals surface area contributed by atoms with Crippen molar-refractivity contribution in [1.82, 2.24) is 9.03 Å². The van der Waals surface area contributed by atoms with Gasteiger partial charge in [-0.15, -0.1) is 0 Å². The van der Waals surface area contributed by atoms with Crippen molar-refractivity contribution in [2.24, 2.45) is 0 Å². The van der Waals surface area contributed by atoms with E-state index in [1.54, 1.807) is 18.2 Å².